The summed E-state index contributed by atoms with van der Waals surface area (Å²) in [7, 11) is 1.55. The monoisotopic (exact) mass is 466 g/mol. The third kappa shape index (κ3) is 4.64. The first-order chi connectivity index (χ1) is 15.5. The van der Waals surface area contributed by atoms with Gasteiger partial charge in [-0.15, -0.1) is 0 Å². The molecular formula is C25H20Cl2N2O3. The zero-order chi connectivity index (χ0) is 22.7. The predicted molar refractivity (Wildman–Crippen MR) is 129 cm³/mol. The van der Waals surface area contributed by atoms with Crippen LogP contribution in [0.2, 0.25) is 10.0 Å². The summed E-state index contributed by atoms with van der Waals surface area (Å²) in [5.74, 6) is 0.699. The van der Waals surface area contributed by atoms with Crippen molar-refractivity contribution in [3.63, 3.8) is 0 Å². The van der Waals surface area contributed by atoms with Gasteiger partial charge in [0.1, 0.15) is 6.61 Å². The van der Waals surface area contributed by atoms with Gasteiger partial charge in [0, 0.05) is 5.02 Å². The number of carbonyl (C=O) groups excluding carboxylic acids is 1. The zero-order valence-electron chi connectivity index (χ0n) is 17.5. The minimum atomic E-state index is -0.232. The lowest BCUT2D eigenvalue weighted by molar-refractivity contribution is -0.114. The van der Waals surface area contributed by atoms with Crippen LogP contribution in [0.1, 0.15) is 18.1 Å². The fourth-order valence-corrected chi connectivity index (χ4v) is 3.70. The summed E-state index contributed by atoms with van der Waals surface area (Å²) < 4.78 is 11.4. The molecule has 4 rings (SSSR count). The largest absolute Gasteiger partial charge is 0.493 e. The maximum atomic E-state index is 13.0. The zero-order valence-corrected chi connectivity index (χ0v) is 19.0. The summed E-state index contributed by atoms with van der Waals surface area (Å²) in [5, 5.41) is 6.73. The molecular weight excluding hydrogens is 447 g/mol. The SMILES string of the molecule is COc1cc(/C=C2\C(=O)N(c3ccc(Cl)cc3)N=C2C)cc(Cl)c1OCc1ccccc1. The first-order valence-electron chi connectivity index (χ1n) is 9.88. The van der Waals surface area contributed by atoms with Crippen molar-refractivity contribution in [2.45, 2.75) is 13.5 Å². The van der Waals surface area contributed by atoms with Crippen LogP contribution in [-0.2, 0) is 11.4 Å². The van der Waals surface area contributed by atoms with E-state index in [2.05, 4.69) is 5.10 Å². The normalized spacial score (nSPS) is 14.6. The van der Waals surface area contributed by atoms with Crippen LogP contribution in [0.25, 0.3) is 6.08 Å². The van der Waals surface area contributed by atoms with Crippen LogP contribution in [0.15, 0.2) is 77.4 Å². The van der Waals surface area contributed by atoms with Crippen molar-refractivity contribution in [2.75, 3.05) is 12.1 Å². The lowest BCUT2D eigenvalue weighted by Crippen LogP contribution is -2.21. The Kier molecular flexibility index (Phi) is 6.49. The van der Waals surface area contributed by atoms with Gasteiger partial charge in [0.15, 0.2) is 11.5 Å². The summed E-state index contributed by atoms with van der Waals surface area (Å²) in [6, 6.07) is 20.2. The van der Waals surface area contributed by atoms with Crippen molar-refractivity contribution < 1.29 is 14.3 Å². The Morgan fingerprint density at radius 1 is 1.03 bits per heavy atom. The van der Waals surface area contributed by atoms with Crippen molar-refractivity contribution in [3.05, 3.63) is 93.5 Å². The molecule has 0 aliphatic carbocycles. The molecule has 0 atom stereocenters. The average Bonchev–Trinajstić information content (AvgIpc) is 3.07. The van der Waals surface area contributed by atoms with Gasteiger partial charge in [-0.25, -0.2) is 0 Å². The maximum Gasteiger partial charge on any atom is 0.280 e. The summed E-state index contributed by atoms with van der Waals surface area (Å²) >= 11 is 12.5. The standard InChI is InChI=1S/C25H20Cl2N2O3/c1-16-21(25(30)29(28-16)20-10-8-19(26)9-11-20)12-18-13-22(27)24(23(14-18)31-2)32-15-17-6-4-3-5-7-17/h3-14H,15H2,1-2H3/b21-12-. The molecule has 1 aliphatic rings. The fraction of sp³-hybridized carbons (Fsp3) is 0.120. The second-order valence-electron chi connectivity index (χ2n) is 7.15. The third-order valence-electron chi connectivity index (χ3n) is 4.92. The fourth-order valence-electron chi connectivity index (χ4n) is 3.30. The first kappa shape index (κ1) is 21.9. The Morgan fingerprint density at radius 2 is 1.75 bits per heavy atom. The summed E-state index contributed by atoms with van der Waals surface area (Å²) in [6.45, 7) is 2.15. The lowest BCUT2D eigenvalue weighted by atomic mass is 10.1. The number of carbonyl (C=O) groups is 1. The molecule has 3 aromatic carbocycles. The highest BCUT2D eigenvalue weighted by Crippen LogP contribution is 2.38. The number of hydrazone groups is 1. The topological polar surface area (TPSA) is 51.1 Å². The van der Waals surface area contributed by atoms with Gasteiger partial charge in [-0.05, 0) is 60.5 Å². The van der Waals surface area contributed by atoms with Crippen LogP contribution in [0.5, 0.6) is 11.5 Å². The molecule has 0 bridgehead atoms. The van der Waals surface area contributed by atoms with Crippen LogP contribution in [-0.4, -0.2) is 18.7 Å². The number of benzene rings is 3. The smallest absolute Gasteiger partial charge is 0.280 e. The molecule has 1 heterocycles. The van der Waals surface area contributed by atoms with E-state index in [9.17, 15) is 4.79 Å². The van der Waals surface area contributed by atoms with E-state index < -0.39 is 0 Å². The van der Waals surface area contributed by atoms with Gasteiger partial charge in [0.05, 0.1) is 29.1 Å². The second kappa shape index (κ2) is 9.47. The number of amides is 1. The molecule has 0 fully saturated rings. The van der Waals surface area contributed by atoms with E-state index in [1.165, 1.54) is 5.01 Å². The van der Waals surface area contributed by atoms with Crippen LogP contribution >= 0.6 is 23.2 Å². The maximum absolute atomic E-state index is 13.0. The highest BCUT2D eigenvalue weighted by atomic mass is 35.5. The molecule has 0 saturated heterocycles. The van der Waals surface area contributed by atoms with Gasteiger partial charge in [0.2, 0.25) is 0 Å². The lowest BCUT2D eigenvalue weighted by Gasteiger charge is -2.14. The van der Waals surface area contributed by atoms with Gasteiger partial charge in [-0.2, -0.15) is 10.1 Å². The highest BCUT2D eigenvalue weighted by molar-refractivity contribution is 6.34. The van der Waals surface area contributed by atoms with Crippen LogP contribution < -0.4 is 14.5 Å². The molecule has 0 radical (unpaired) electrons. The minimum absolute atomic E-state index is 0.232. The summed E-state index contributed by atoms with van der Waals surface area (Å²) in [5.41, 5.74) is 3.43. The Labute approximate surface area is 196 Å². The van der Waals surface area contributed by atoms with Crippen molar-refractivity contribution in [3.8, 4) is 11.5 Å². The van der Waals surface area contributed by atoms with E-state index in [-0.39, 0.29) is 5.91 Å². The number of anilines is 1. The quantitative estimate of drug-likeness (QED) is 0.395. The number of halogens is 2. The molecule has 1 aliphatic heterocycles. The molecule has 7 heteroatoms. The number of nitrogens with zero attached hydrogens (tertiary/aromatic N) is 2. The first-order valence-corrected chi connectivity index (χ1v) is 10.6. The van der Waals surface area contributed by atoms with Crippen LogP contribution in [0.4, 0.5) is 5.69 Å². The Balaban J connectivity index is 1.59. The molecule has 0 N–H and O–H groups in total. The Morgan fingerprint density at radius 3 is 2.44 bits per heavy atom. The number of ether oxygens (including phenoxy) is 2. The number of rotatable bonds is 6. The van der Waals surface area contributed by atoms with Gasteiger partial charge in [-0.3, -0.25) is 4.79 Å². The number of hydrogen-bond acceptors (Lipinski definition) is 4. The Hall–Kier alpha value is -3.28. The second-order valence-corrected chi connectivity index (χ2v) is 7.99. The van der Waals surface area contributed by atoms with E-state index >= 15 is 0 Å². The molecule has 0 spiro atoms. The molecule has 0 aromatic heterocycles. The van der Waals surface area contributed by atoms with Crippen LogP contribution in [0, 0.1) is 0 Å². The summed E-state index contributed by atoms with van der Waals surface area (Å²) in [6.07, 6.45) is 1.74. The van der Waals surface area contributed by atoms with Gasteiger partial charge in [-0.1, -0.05) is 53.5 Å². The van der Waals surface area contributed by atoms with Gasteiger partial charge >= 0.3 is 0 Å². The third-order valence-corrected chi connectivity index (χ3v) is 5.46. The van der Waals surface area contributed by atoms with E-state index in [4.69, 9.17) is 32.7 Å². The minimum Gasteiger partial charge on any atom is -0.493 e. The van der Waals surface area contributed by atoms with Gasteiger partial charge in [0.25, 0.3) is 5.91 Å². The van der Waals surface area contributed by atoms with E-state index in [0.717, 1.165) is 5.56 Å². The van der Waals surface area contributed by atoms with E-state index in [1.54, 1.807) is 56.5 Å². The highest BCUT2D eigenvalue weighted by Gasteiger charge is 2.29. The molecule has 5 nitrogen and oxygen atoms in total. The van der Waals surface area contributed by atoms with Crippen molar-refractivity contribution in [1.29, 1.82) is 0 Å². The average molecular weight is 467 g/mol. The van der Waals surface area contributed by atoms with E-state index in [0.29, 0.717) is 50.7 Å². The number of methoxy groups -OCH3 is 1. The molecule has 0 unspecified atom stereocenters. The molecule has 0 saturated carbocycles. The molecule has 162 valence electrons. The Bertz CT molecular complexity index is 1210. The van der Waals surface area contributed by atoms with Gasteiger partial charge < -0.3 is 9.47 Å². The number of hydrogen-bond donors (Lipinski definition) is 0. The molecule has 32 heavy (non-hydrogen) atoms. The van der Waals surface area contributed by atoms with Crippen molar-refractivity contribution in [2.24, 2.45) is 5.10 Å². The molecule has 3 aromatic rings. The van der Waals surface area contributed by atoms with Crippen molar-refractivity contribution in [1.82, 2.24) is 0 Å². The predicted octanol–water partition coefficient (Wildman–Crippen LogP) is 6.39. The van der Waals surface area contributed by atoms with E-state index in [1.807, 2.05) is 30.3 Å². The summed E-state index contributed by atoms with van der Waals surface area (Å²) in [4.78, 5) is 13.0. The van der Waals surface area contributed by atoms with Crippen molar-refractivity contribution >= 4 is 46.6 Å². The van der Waals surface area contributed by atoms with Crippen LogP contribution in [0.3, 0.4) is 0 Å². The molecule has 1 amide bonds.